The first-order valence-corrected chi connectivity index (χ1v) is 13.6. The van der Waals surface area contributed by atoms with Crippen molar-refractivity contribution in [1.29, 1.82) is 0 Å². The molecule has 35 heavy (non-hydrogen) atoms. The first-order valence-electron chi connectivity index (χ1n) is 13.6. The number of piperidine rings is 1. The lowest BCUT2D eigenvalue weighted by atomic mass is 9.33. The largest absolute Gasteiger partial charge is 0.504 e. The van der Waals surface area contributed by atoms with E-state index in [1.54, 1.807) is 0 Å². The molecule has 5 nitrogen and oxygen atoms in total. The van der Waals surface area contributed by atoms with Crippen molar-refractivity contribution in [2.24, 2.45) is 22.7 Å². The van der Waals surface area contributed by atoms with E-state index in [4.69, 9.17) is 9.47 Å². The maximum atomic E-state index is 12.2. The average Bonchev–Trinajstić information content (AvgIpc) is 3.53. The fourth-order valence-corrected chi connectivity index (χ4v) is 9.58. The second kappa shape index (κ2) is 7.09. The Morgan fingerprint density at radius 1 is 1.14 bits per heavy atom. The van der Waals surface area contributed by atoms with E-state index in [0.29, 0.717) is 11.8 Å². The summed E-state index contributed by atoms with van der Waals surface area (Å²) in [4.78, 5) is 2.82. The van der Waals surface area contributed by atoms with E-state index in [1.807, 2.05) is 20.1 Å². The van der Waals surface area contributed by atoms with Gasteiger partial charge in [-0.2, -0.15) is 0 Å². The van der Waals surface area contributed by atoms with Crippen molar-refractivity contribution in [2.75, 3.05) is 20.2 Å². The number of benzene rings is 1. The fraction of sp³-hybridized carbons (Fsp3) is 0.793. The number of aliphatic hydroxyl groups is 1. The third-order valence-corrected chi connectivity index (χ3v) is 11.9. The monoisotopic (exact) mass is 503 g/mol. The number of ether oxygens (including phenoxy) is 2. The minimum Gasteiger partial charge on any atom is -0.504 e. The zero-order chi connectivity index (χ0) is 23.9. The van der Waals surface area contributed by atoms with Gasteiger partial charge in [0.05, 0.1) is 5.60 Å². The quantitative estimate of drug-likeness (QED) is 0.616. The number of phenols is 1. The SMILES string of the molecule is COC12CCC3(CC1C(C)(O)C(C)(C)C)C1Cc4ccc(O)c5c4C3(CCN1CC1CC1)C2O5.Cl. The van der Waals surface area contributed by atoms with Crippen LogP contribution in [0, 0.1) is 22.7 Å². The molecule has 194 valence electrons. The predicted octanol–water partition coefficient (Wildman–Crippen LogP) is 4.84. The molecule has 2 heterocycles. The van der Waals surface area contributed by atoms with E-state index in [9.17, 15) is 10.2 Å². The normalized spacial score (nSPS) is 42.6. The van der Waals surface area contributed by atoms with Crippen LogP contribution in [-0.4, -0.2) is 58.7 Å². The number of methoxy groups -OCH3 is 1. The Hall–Kier alpha value is -1.01. The van der Waals surface area contributed by atoms with Crippen molar-refractivity contribution in [3.05, 3.63) is 23.3 Å². The maximum absolute atomic E-state index is 12.2. The van der Waals surface area contributed by atoms with Gasteiger partial charge in [0.2, 0.25) is 0 Å². The molecule has 2 spiro atoms. The van der Waals surface area contributed by atoms with Gasteiger partial charge in [0.25, 0.3) is 0 Å². The summed E-state index contributed by atoms with van der Waals surface area (Å²) in [5.74, 6) is 1.80. The van der Waals surface area contributed by atoms with Gasteiger partial charge >= 0.3 is 0 Å². The molecule has 5 aliphatic carbocycles. The molecular formula is C29H42ClNO4. The molecule has 1 saturated heterocycles. The standard InChI is InChI=1S/C29H41NO4.ClH/c1-25(2,3)26(4,32)20-15-27-10-11-29(20,33-5)24-28(27)12-13-30(16-17-6-7-17)21(27)14-18-8-9-19(31)23(34-24)22(18)28;/h8-9,17,20-21,24,31-32H,6-7,10-16H2,1-5H3;1H. The van der Waals surface area contributed by atoms with Crippen molar-refractivity contribution in [3.8, 4) is 11.5 Å². The lowest BCUT2D eigenvalue weighted by molar-refractivity contribution is -0.312. The molecule has 4 bridgehead atoms. The van der Waals surface area contributed by atoms with E-state index >= 15 is 0 Å². The van der Waals surface area contributed by atoms with E-state index in [0.717, 1.165) is 44.6 Å². The first-order chi connectivity index (χ1) is 16.0. The van der Waals surface area contributed by atoms with Crippen LogP contribution in [0.5, 0.6) is 11.5 Å². The number of halogens is 1. The molecular weight excluding hydrogens is 462 g/mol. The lowest BCUT2D eigenvalue weighted by Gasteiger charge is -2.75. The summed E-state index contributed by atoms with van der Waals surface area (Å²) in [7, 11) is 1.83. The van der Waals surface area contributed by atoms with Gasteiger partial charge in [0.15, 0.2) is 11.5 Å². The summed E-state index contributed by atoms with van der Waals surface area (Å²) < 4.78 is 13.5. The van der Waals surface area contributed by atoms with Crippen molar-refractivity contribution in [1.82, 2.24) is 4.90 Å². The molecule has 1 aromatic carbocycles. The molecule has 0 amide bonds. The summed E-state index contributed by atoms with van der Waals surface area (Å²) in [5, 5.41) is 23.2. The summed E-state index contributed by atoms with van der Waals surface area (Å²) in [6.45, 7) is 10.8. The van der Waals surface area contributed by atoms with Crippen LogP contribution >= 0.6 is 12.4 Å². The molecule has 5 fully saturated rings. The number of fused-ring (bicyclic) bond motifs is 2. The highest BCUT2D eigenvalue weighted by molar-refractivity contribution is 5.85. The number of hydrogen-bond acceptors (Lipinski definition) is 5. The molecule has 2 N–H and O–H groups in total. The number of phenolic OH excluding ortho intramolecular Hbond substituents is 1. The molecule has 7 atom stereocenters. The topological polar surface area (TPSA) is 62.2 Å². The smallest absolute Gasteiger partial charge is 0.165 e. The van der Waals surface area contributed by atoms with Gasteiger partial charge in [0.1, 0.15) is 11.7 Å². The van der Waals surface area contributed by atoms with E-state index in [1.165, 1.54) is 30.5 Å². The van der Waals surface area contributed by atoms with Crippen LogP contribution in [0.1, 0.15) is 77.3 Å². The van der Waals surface area contributed by atoms with Crippen LogP contribution in [0.15, 0.2) is 12.1 Å². The van der Waals surface area contributed by atoms with Gasteiger partial charge in [-0.25, -0.2) is 0 Å². The Kier molecular flexibility index (Phi) is 4.93. The Morgan fingerprint density at radius 3 is 2.54 bits per heavy atom. The van der Waals surface area contributed by atoms with Crippen molar-refractivity contribution in [3.63, 3.8) is 0 Å². The highest BCUT2D eigenvalue weighted by atomic mass is 35.5. The summed E-state index contributed by atoms with van der Waals surface area (Å²) in [5.41, 5.74) is 0.783. The van der Waals surface area contributed by atoms with Crippen molar-refractivity contribution < 1.29 is 19.7 Å². The molecule has 8 rings (SSSR count). The lowest BCUT2D eigenvalue weighted by Crippen LogP contribution is -2.83. The highest BCUT2D eigenvalue weighted by Gasteiger charge is 2.82. The Labute approximate surface area is 216 Å². The van der Waals surface area contributed by atoms with Crippen molar-refractivity contribution >= 4 is 12.4 Å². The second-order valence-corrected chi connectivity index (χ2v) is 13.8. The number of aromatic hydroxyl groups is 1. The summed E-state index contributed by atoms with van der Waals surface area (Å²) in [6, 6.07) is 4.46. The van der Waals surface area contributed by atoms with Crippen LogP contribution in [0.25, 0.3) is 0 Å². The van der Waals surface area contributed by atoms with Gasteiger partial charge in [-0.15, -0.1) is 12.4 Å². The second-order valence-electron chi connectivity index (χ2n) is 13.8. The van der Waals surface area contributed by atoms with Crippen molar-refractivity contribution in [2.45, 2.75) is 101 Å². The van der Waals surface area contributed by atoms with Gasteiger partial charge in [-0.3, -0.25) is 4.90 Å². The first kappa shape index (κ1) is 24.3. The predicted molar refractivity (Wildman–Crippen MR) is 137 cm³/mol. The van der Waals surface area contributed by atoms with Gasteiger partial charge in [-0.05, 0) is 81.4 Å². The van der Waals surface area contributed by atoms with Crippen LogP contribution in [0.2, 0.25) is 0 Å². The summed E-state index contributed by atoms with van der Waals surface area (Å²) >= 11 is 0. The van der Waals surface area contributed by atoms with E-state index < -0.39 is 11.2 Å². The number of hydrogen-bond donors (Lipinski definition) is 2. The minimum atomic E-state index is -0.909. The van der Waals surface area contributed by atoms with Gasteiger partial charge in [-0.1, -0.05) is 26.8 Å². The van der Waals surface area contributed by atoms with Crippen LogP contribution in [0.3, 0.4) is 0 Å². The number of rotatable bonds is 4. The van der Waals surface area contributed by atoms with Crippen LogP contribution in [-0.2, 0) is 16.6 Å². The third-order valence-electron chi connectivity index (χ3n) is 11.9. The van der Waals surface area contributed by atoms with Gasteiger partial charge in [0, 0.05) is 42.0 Å². The molecule has 7 aliphatic rings. The van der Waals surface area contributed by atoms with Crippen LogP contribution < -0.4 is 4.74 Å². The summed E-state index contributed by atoms with van der Waals surface area (Å²) in [6.07, 6.45) is 7.64. The number of nitrogens with zero attached hydrogens (tertiary/aromatic N) is 1. The highest BCUT2D eigenvalue weighted by Crippen LogP contribution is 2.78. The molecule has 1 aromatic rings. The Morgan fingerprint density at radius 2 is 1.89 bits per heavy atom. The minimum absolute atomic E-state index is 0. The zero-order valence-electron chi connectivity index (χ0n) is 21.9. The van der Waals surface area contributed by atoms with Gasteiger partial charge < -0.3 is 19.7 Å². The number of likely N-dealkylation sites (tertiary alicyclic amines) is 1. The van der Waals surface area contributed by atoms with E-state index in [-0.39, 0.29) is 46.4 Å². The Bertz CT molecular complexity index is 1060. The molecule has 2 aliphatic heterocycles. The fourth-order valence-electron chi connectivity index (χ4n) is 9.58. The zero-order valence-corrected chi connectivity index (χ0v) is 22.7. The molecule has 0 radical (unpaired) electrons. The average molecular weight is 504 g/mol. The maximum Gasteiger partial charge on any atom is 0.165 e. The molecule has 6 heteroatoms. The molecule has 7 unspecified atom stereocenters. The Balaban J connectivity index is 0.00000229. The van der Waals surface area contributed by atoms with E-state index in [2.05, 4.69) is 31.7 Å². The third kappa shape index (κ3) is 2.62. The molecule has 0 aromatic heterocycles. The molecule has 4 saturated carbocycles. The van der Waals surface area contributed by atoms with Crippen LogP contribution in [0.4, 0.5) is 0 Å².